The van der Waals surface area contributed by atoms with Gasteiger partial charge in [-0.25, -0.2) is 17.9 Å². The van der Waals surface area contributed by atoms with Crippen molar-refractivity contribution < 1.29 is 22.7 Å². The number of rotatable bonds is 10. The molecule has 0 atom stereocenters. The zero-order valence-corrected chi connectivity index (χ0v) is 21.1. The average molecular weight is 493 g/mol. The summed E-state index contributed by atoms with van der Waals surface area (Å²) in [6.45, 7) is 7.52. The van der Waals surface area contributed by atoms with Gasteiger partial charge in [0, 0.05) is 30.0 Å². The third-order valence-corrected chi connectivity index (χ3v) is 8.34. The maximum absolute atomic E-state index is 13.1. The number of hydrogen-bond acceptors (Lipinski definition) is 6. The van der Waals surface area contributed by atoms with Crippen molar-refractivity contribution in [1.82, 2.24) is 9.62 Å². The van der Waals surface area contributed by atoms with E-state index in [4.69, 9.17) is 4.74 Å². The van der Waals surface area contributed by atoms with E-state index in [-0.39, 0.29) is 16.7 Å². The molecule has 1 aliphatic heterocycles. The minimum atomic E-state index is -4.10. The van der Waals surface area contributed by atoms with Crippen LogP contribution in [0.1, 0.15) is 56.9 Å². The molecule has 0 spiro atoms. The van der Waals surface area contributed by atoms with Crippen LogP contribution in [0.5, 0.6) is 0 Å². The molecule has 0 saturated carbocycles. The third kappa shape index (κ3) is 6.80. The second-order valence-electron chi connectivity index (χ2n) is 8.73. The van der Waals surface area contributed by atoms with E-state index in [2.05, 4.69) is 18.6 Å². The Hall–Kier alpha value is -2.39. The van der Waals surface area contributed by atoms with Gasteiger partial charge in [0.15, 0.2) is 0 Å². The van der Waals surface area contributed by atoms with Crippen LogP contribution in [-0.2, 0) is 32.5 Å². The summed E-state index contributed by atoms with van der Waals surface area (Å²) in [7, 11) is -4.10. The Morgan fingerprint density at radius 3 is 2.73 bits per heavy atom. The Bertz CT molecular complexity index is 1090. The van der Waals surface area contributed by atoms with Gasteiger partial charge >= 0.3 is 6.09 Å². The first-order valence-corrected chi connectivity index (χ1v) is 13.7. The van der Waals surface area contributed by atoms with Crippen LogP contribution in [0.25, 0.3) is 11.1 Å². The molecule has 2 amide bonds. The van der Waals surface area contributed by atoms with E-state index in [0.29, 0.717) is 30.9 Å². The molecule has 0 radical (unpaired) electrons. The van der Waals surface area contributed by atoms with Crippen molar-refractivity contribution >= 4 is 33.4 Å². The van der Waals surface area contributed by atoms with Crippen LogP contribution in [0.15, 0.2) is 34.5 Å². The molecule has 1 aromatic carbocycles. The van der Waals surface area contributed by atoms with Gasteiger partial charge in [0.1, 0.15) is 4.21 Å². The molecule has 0 aliphatic carbocycles. The number of thiophene rings is 1. The first-order valence-electron chi connectivity index (χ1n) is 11.4. The first kappa shape index (κ1) is 25.2. The Morgan fingerprint density at radius 2 is 2.06 bits per heavy atom. The Balaban J connectivity index is 1.91. The number of sulfonamides is 1. The number of nitrogens with zero attached hydrogens (tertiary/aromatic N) is 1. The molecule has 1 aromatic heterocycles. The van der Waals surface area contributed by atoms with Crippen molar-refractivity contribution in [3.8, 4) is 11.1 Å². The number of hydrogen-bond donors (Lipinski definition) is 1. The minimum absolute atomic E-state index is 0.0972. The maximum Gasteiger partial charge on any atom is 0.421 e. The van der Waals surface area contributed by atoms with Gasteiger partial charge in [-0.05, 0) is 48.4 Å². The summed E-state index contributed by atoms with van der Waals surface area (Å²) in [5.74, 6) is 0.496. The van der Waals surface area contributed by atoms with Crippen molar-refractivity contribution in [3.63, 3.8) is 0 Å². The van der Waals surface area contributed by atoms with Gasteiger partial charge in [-0.15, -0.1) is 11.3 Å². The van der Waals surface area contributed by atoms with E-state index in [9.17, 15) is 18.0 Å². The highest BCUT2D eigenvalue weighted by molar-refractivity contribution is 7.92. The summed E-state index contributed by atoms with van der Waals surface area (Å²) in [6, 6.07) is 9.48. The van der Waals surface area contributed by atoms with E-state index >= 15 is 0 Å². The van der Waals surface area contributed by atoms with Crippen LogP contribution in [0.3, 0.4) is 0 Å². The second kappa shape index (κ2) is 11.2. The zero-order valence-electron chi connectivity index (χ0n) is 19.4. The lowest BCUT2D eigenvalue weighted by atomic mass is 10.0. The molecule has 0 unspecified atom stereocenters. The predicted molar refractivity (Wildman–Crippen MR) is 130 cm³/mol. The molecule has 7 nitrogen and oxygen atoms in total. The Kier molecular flexibility index (Phi) is 8.53. The minimum Gasteiger partial charge on any atom is -0.449 e. The number of carbonyl (C=O) groups excluding carboxylic acids is 2. The molecule has 9 heteroatoms. The van der Waals surface area contributed by atoms with Crippen LogP contribution in [0.4, 0.5) is 4.79 Å². The highest BCUT2D eigenvalue weighted by atomic mass is 32.2. The molecule has 1 fully saturated rings. The monoisotopic (exact) mass is 492 g/mol. The summed E-state index contributed by atoms with van der Waals surface area (Å²) < 4.78 is 33.4. The summed E-state index contributed by atoms with van der Waals surface area (Å²) in [4.78, 5) is 26.8. The highest BCUT2D eigenvalue weighted by Crippen LogP contribution is 2.37. The quantitative estimate of drug-likeness (QED) is 0.474. The number of ether oxygens (including phenoxy) is 1. The van der Waals surface area contributed by atoms with E-state index in [1.807, 2.05) is 42.2 Å². The number of unbranched alkanes of at least 4 members (excludes halogenated alkanes) is 1. The fraction of sp³-hybridized carbons (Fsp3) is 0.500. The van der Waals surface area contributed by atoms with Gasteiger partial charge < -0.3 is 9.64 Å². The molecule has 180 valence electrons. The molecule has 1 N–H and O–H groups in total. The normalized spacial score (nSPS) is 14.2. The summed E-state index contributed by atoms with van der Waals surface area (Å²) >= 11 is 1.18. The van der Waals surface area contributed by atoms with Crippen molar-refractivity contribution in [2.75, 3.05) is 13.2 Å². The van der Waals surface area contributed by atoms with Gasteiger partial charge in [0.2, 0.25) is 5.91 Å². The average Bonchev–Trinajstić information content (AvgIpc) is 3.34. The lowest BCUT2D eigenvalue weighted by Crippen LogP contribution is -2.31. The molecule has 33 heavy (non-hydrogen) atoms. The van der Waals surface area contributed by atoms with Gasteiger partial charge in [0.05, 0.1) is 6.61 Å². The lowest BCUT2D eigenvalue weighted by molar-refractivity contribution is -0.128. The molecule has 1 aliphatic rings. The third-order valence-electron chi connectivity index (χ3n) is 5.33. The first-order chi connectivity index (χ1) is 15.7. The molecule has 1 saturated heterocycles. The number of likely N-dealkylation sites (tertiary alicyclic amines) is 1. The van der Waals surface area contributed by atoms with E-state index in [1.54, 1.807) is 0 Å². The van der Waals surface area contributed by atoms with Crippen molar-refractivity contribution in [1.29, 1.82) is 0 Å². The second-order valence-corrected chi connectivity index (χ2v) is 11.7. The summed E-state index contributed by atoms with van der Waals surface area (Å²) in [5.41, 5.74) is 2.24. The smallest absolute Gasteiger partial charge is 0.421 e. The SMILES string of the molecule is CCCCOC(=O)NS(=O)(=O)c1sc(CC(C)C)cc1-c1cccc(CN2CCCC2=O)c1. The molecule has 2 heterocycles. The Morgan fingerprint density at radius 1 is 1.27 bits per heavy atom. The van der Waals surface area contributed by atoms with Gasteiger partial charge in [-0.1, -0.05) is 45.4 Å². The number of amides is 2. The molecular formula is C24H32N2O5S2. The number of nitrogens with one attached hydrogen (secondary N) is 1. The largest absolute Gasteiger partial charge is 0.449 e. The van der Waals surface area contributed by atoms with E-state index in [0.717, 1.165) is 41.8 Å². The predicted octanol–water partition coefficient (Wildman–Crippen LogP) is 4.95. The number of carbonyl (C=O) groups is 2. The van der Waals surface area contributed by atoms with Crippen LogP contribution in [-0.4, -0.2) is 38.5 Å². The van der Waals surface area contributed by atoms with Crippen LogP contribution >= 0.6 is 11.3 Å². The van der Waals surface area contributed by atoms with E-state index in [1.165, 1.54) is 11.3 Å². The fourth-order valence-corrected chi connectivity index (χ4v) is 6.59. The fourth-order valence-electron chi connectivity index (χ4n) is 3.75. The van der Waals surface area contributed by atoms with Crippen LogP contribution < -0.4 is 4.72 Å². The molecular weight excluding hydrogens is 460 g/mol. The topological polar surface area (TPSA) is 92.8 Å². The number of benzene rings is 1. The lowest BCUT2D eigenvalue weighted by Gasteiger charge is -2.16. The van der Waals surface area contributed by atoms with Gasteiger partial charge in [-0.2, -0.15) is 0 Å². The summed E-state index contributed by atoms with van der Waals surface area (Å²) in [6.07, 6.45) is 2.72. The van der Waals surface area contributed by atoms with Crippen molar-refractivity contribution in [3.05, 3.63) is 40.8 Å². The van der Waals surface area contributed by atoms with Crippen LogP contribution in [0, 0.1) is 5.92 Å². The van der Waals surface area contributed by atoms with E-state index < -0.39 is 16.1 Å². The molecule has 0 bridgehead atoms. The van der Waals surface area contributed by atoms with Crippen molar-refractivity contribution in [2.45, 2.75) is 63.6 Å². The van der Waals surface area contributed by atoms with Crippen LogP contribution in [0.2, 0.25) is 0 Å². The highest BCUT2D eigenvalue weighted by Gasteiger charge is 2.27. The standard InChI is InChI=1S/C24H32N2O5S2/c1-4-5-12-31-24(28)25-33(29,30)23-21(15-20(32-23)13-17(2)3)19-9-6-8-18(14-19)16-26-11-7-10-22(26)27/h6,8-9,14-15,17H,4-5,7,10-13,16H2,1-3H3,(H,25,28). The molecule has 2 aromatic rings. The van der Waals surface area contributed by atoms with Gasteiger partial charge in [-0.3, -0.25) is 4.79 Å². The van der Waals surface area contributed by atoms with Crippen molar-refractivity contribution in [2.24, 2.45) is 5.92 Å². The zero-order chi connectivity index (χ0) is 24.0. The Labute approximate surface area is 200 Å². The van der Waals surface area contributed by atoms with Gasteiger partial charge in [0.25, 0.3) is 10.0 Å². The maximum atomic E-state index is 13.1. The summed E-state index contributed by atoms with van der Waals surface area (Å²) in [5, 5.41) is 0. The molecule has 3 rings (SSSR count).